The van der Waals surface area contributed by atoms with Crippen LogP contribution in [0, 0.1) is 30.6 Å². The zero-order valence-corrected chi connectivity index (χ0v) is 10.5. The molecule has 2 fully saturated rings. The molecule has 1 aromatic rings. The van der Waals surface area contributed by atoms with Crippen molar-refractivity contribution in [1.82, 2.24) is 4.98 Å². The molecule has 3 rings (SSSR count). The van der Waals surface area contributed by atoms with Gasteiger partial charge in [-0.25, -0.2) is 4.98 Å². The molecule has 0 bridgehead atoms. The van der Waals surface area contributed by atoms with Gasteiger partial charge in [0.1, 0.15) is 11.9 Å². The van der Waals surface area contributed by atoms with E-state index in [0.29, 0.717) is 5.41 Å². The average molecular weight is 227 g/mol. The number of hydrogen-bond donors (Lipinski definition) is 0. The molecule has 1 spiro atoms. The minimum absolute atomic E-state index is 0.575. The Bertz CT molecular complexity index is 509. The van der Waals surface area contributed by atoms with Crippen LogP contribution in [0.1, 0.15) is 36.1 Å². The van der Waals surface area contributed by atoms with Crippen LogP contribution in [0.5, 0.6) is 0 Å². The van der Waals surface area contributed by atoms with E-state index in [9.17, 15) is 5.26 Å². The Labute approximate surface area is 102 Å². The van der Waals surface area contributed by atoms with Gasteiger partial charge in [0.2, 0.25) is 0 Å². The first-order valence-corrected chi connectivity index (χ1v) is 6.27. The van der Waals surface area contributed by atoms with E-state index in [1.54, 1.807) is 0 Å². The van der Waals surface area contributed by atoms with E-state index in [4.69, 9.17) is 0 Å². The highest BCUT2D eigenvalue weighted by Gasteiger charge is 2.48. The summed E-state index contributed by atoms with van der Waals surface area (Å²) in [6, 6.07) is 4.30. The first-order chi connectivity index (χ1) is 8.13. The van der Waals surface area contributed by atoms with Crippen LogP contribution in [-0.4, -0.2) is 18.1 Å². The summed E-state index contributed by atoms with van der Waals surface area (Å²) in [6.45, 7) is 6.16. The molecule has 0 radical (unpaired) electrons. The molecule has 2 heterocycles. The second kappa shape index (κ2) is 3.46. The molecule has 0 unspecified atom stereocenters. The van der Waals surface area contributed by atoms with Crippen LogP contribution < -0.4 is 4.90 Å². The van der Waals surface area contributed by atoms with Crippen LogP contribution in [0.3, 0.4) is 0 Å². The van der Waals surface area contributed by atoms with Gasteiger partial charge in [0.15, 0.2) is 0 Å². The fourth-order valence-corrected chi connectivity index (χ4v) is 2.88. The van der Waals surface area contributed by atoms with Gasteiger partial charge in [-0.15, -0.1) is 0 Å². The van der Waals surface area contributed by atoms with Crippen LogP contribution in [0.25, 0.3) is 0 Å². The quantitative estimate of drug-likeness (QED) is 0.740. The fraction of sp³-hybridized carbons (Fsp3) is 0.571. The molecule has 1 aromatic heterocycles. The van der Waals surface area contributed by atoms with Crippen molar-refractivity contribution in [2.45, 2.75) is 33.1 Å². The Morgan fingerprint density at radius 3 is 2.71 bits per heavy atom. The molecular weight excluding hydrogens is 210 g/mol. The molecule has 1 aliphatic heterocycles. The Morgan fingerprint density at radius 2 is 2.12 bits per heavy atom. The lowest BCUT2D eigenvalue weighted by molar-refractivity contribution is 0.580. The van der Waals surface area contributed by atoms with Crippen molar-refractivity contribution < 1.29 is 0 Å². The van der Waals surface area contributed by atoms with E-state index in [-0.39, 0.29) is 0 Å². The summed E-state index contributed by atoms with van der Waals surface area (Å²) in [4.78, 5) is 6.89. The standard InChI is InChI=1S/C14H17N3/c1-10-7-11(2)16-13(12(10)8-15)17-6-5-14(9-17)3-4-14/h7H,3-6,9H2,1-2H3. The van der Waals surface area contributed by atoms with Crippen molar-refractivity contribution in [2.75, 3.05) is 18.0 Å². The van der Waals surface area contributed by atoms with Crippen molar-refractivity contribution in [3.05, 3.63) is 22.9 Å². The first-order valence-electron chi connectivity index (χ1n) is 6.27. The number of aromatic nitrogens is 1. The van der Waals surface area contributed by atoms with Crippen molar-refractivity contribution in [3.8, 4) is 6.07 Å². The van der Waals surface area contributed by atoms with Gasteiger partial charge < -0.3 is 4.90 Å². The average Bonchev–Trinajstić information content (AvgIpc) is 2.88. The molecule has 3 nitrogen and oxygen atoms in total. The number of rotatable bonds is 1. The summed E-state index contributed by atoms with van der Waals surface area (Å²) in [5, 5.41) is 9.28. The Balaban J connectivity index is 1.99. The largest absolute Gasteiger partial charge is 0.355 e. The van der Waals surface area contributed by atoms with E-state index in [0.717, 1.165) is 35.7 Å². The van der Waals surface area contributed by atoms with E-state index in [1.807, 2.05) is 19.9 Å². The summed E-state index contributed by atoms with van der Waals surface area (Å²) in [6.07, 6.45) is 3.99. The topological polar surface area (TPSA) is 39.9 Å². The molecule has 1 saturated carbocycles. The van der Waals surface area contributed by atoms with E-state index in [1.165, 1.54) is 19.3 Å². The maximum Gasteiger partial charge on any atom is 0.147 e. The summed E-state index contributed by atoms with van der Waals surface area (Å²) in [5.74, 6) is 0.911. The van der Waals surface area contributed by atoms with Crippen LogP contribution in [-0.2, 0) is 0 Å². The molecule has 0 atom stereocenters. The van der Waals surface area contributed by atoms with Crippen molar-refractivity contribution in [2.24, 2.45) is 5.41 Å². The van der Waals surface area contributed by atoms with Gasteiger partial charge in [0.05, 0.1) is 5.56 Å². The van der Waals surface area contributed by atoms with Gasteiger partial charge in [-0.3, -0.25) is 0 Å². The zero-order valence-electron chi connectivity index (χ0n) is 10.5. The maximum absolute atomic E-state index is 9.28. The van der Waals surface area contributed by atoms with Gasteiger partial charge >= 0.3 is 0 Å². The molecule has 0 aromatic carbocycles. The summed E-state index contributed by atoms with van der Waals surface area (Å²) in [7, 11) is 0. The Morgan fingerprint density at radius 1 is 1.35 bits per heavy atom. The van der Waals surface area contributed by atoms with Crippen LogP contribution >= 0.6 is 0 Å². The Hall–Kier alpha value is -1.56. The van der Waals surface area contributed by atoms with E-state index >= 15 is 0 Å². The minimum Gasteiger partial charge on any atom is -0.355 e. The third-order valence-corrected chi connectivity index (χ3v) is 4.13. The molecular formula is C14H17N3. The highest BCUT2D eigenvalue weighted by Crippen LogP contribution is 2.53. The number of nitriles is 1. The van der Waals surface area contributed by atoms with Gasteiger partial charge in [-0.1, -0.05) is 0 Å². The van der Waals surface area contributed by atoms with Gasteiger partial charge in [0, 0.05) is 18.8 Å². The number of pyridine rings is 1. The highest BCUT2D eigenvalue weighted by molar-refractivity contribution is 5.59. The number of anilines is 1. The summed E-state index contributed by atoms with van der Waals surface area (Å²) in [5.41, 5.74) is 3.39. The third kappa shape index (κ3) is 1.68. The normalized spacial score (nSPS) is 20.6. The highest BCUT2D eigenvalue weighted by atomic mass is 15.2. The summed E-state index contributed by atoms with van der Waals surface area (Å²) >= 11 is 0. The molecule has 88 valence electrons. The number of hydrogen-bond acceptors (Lipinski definition) is 3. The van der Waals surface area contributed by atoms with Crippen molar-refractivity contribution in [1.29, 1.82) is 5.26 Å². The number of aryl methyl sites for hydroxylation is 2. The van der Waals surface area contributed by atoms with Crippen LogP contribution in [0.4, 0.5) is 5.82 Å². The fourth-order valence-electron chi connectivity index (χ4n) is 2.88. The molecule has 0 N–H and O–H groups in total. The van der Waals surface area contributed by atoms with Crippen LogP contribution in [0.2, 0.25) is 0 Å². The molecule has 1 aliphatic carbocycles. The molecule has 17 heavy (non-hydrogen) atoms. The van der Waals surface area contributed by atoms with Gasteiger partial charge in [-0.2, -0.15) is 5.26 Å². The Kier molecular flexibility index (Phi) is 2.16. The smallest absolute Gasteiger partial charge is 0.147 e. The summed E-state index contributed by atoms with van der Waals surface area (Å²) < 4.78 is 0. The SMILES string of the molecule is Cc1cc(C)c(C#N)c(N2CCC3(CC3)C2)n1. The van der Waals surface area contributed by atoms with Crippen LogP contribution in [0.15, 0.2) is 6.07 Å². The predicted molar refractivity (Wildman–Crippen MR) is 66.9 cm³/mol. The molecule has 3 heteroatoms. The monoisotopic (exact) mass is 227 g/mol. The van der Waals surface area contributed by atoms with Crippen molar-refractivity contribution in [3.63, 3.8) is 0 Å². The lowest BCUT2D eigenvalue weighted by atomic mass is 10.1. The predicted octanol–water partition coefficient (Wildman–Crippen LogP) is 2.56. The lowest BCUT2D eigenvalue weighted by Crippen LogP contribution is -2.23. The van der Waals surface area contributed by atoms with E-state index < -0.39 is 0 Å². The number of nitrogens with zero attached hydrogens (tertiary/aromatic N) is 3. The van der Waals surface area contributed by atoms with Gasteiger partial charge in [0.25, 0.3) is 0 Å². The second-order valence-electron chi connectivity index (χ2n) is 5.56. The first kappa shape index (κ1) is 10.6. The third-order valence-electron chi connectivity index (χ3n) is 4.13. The van der Waals surface area contributed by atoms with Gasteiger partial charge in [-0.05, 0) is 50.2 Å². The second-order valence-corrected chi connectivity index (χ2v) is 5.56. The molecule has 0 amide bonds. The van der Waals surface area contributed by atoms with Crippen molar-refractivity contribution >= 4 is 5.82 Å². The molecule has 1 saturated heterocycles. The maximum atomic E-state index is 9.28. The zero-order chi connectivity index (χ0) is 12.0. The van der Waals surface area contributed by atoms with E-state index in [2.05, 4.69) is 16.0 Å². The molecule has 2 aliphatic rings. The minimum atomic E-state index is 0.575. The lowest BCUT2D eigenvalue weighted by Gasteiger charge is -2.20.